The van der Waals surface area contributed by atoms with Gasteiger partial charge in [-0.25, -0.2) is 0 Å². The van der Waals surface area contributed by atoms with Crippen LogP contribution in [0.15, 0.2) is 11.4 Å². The standard InChI is InChI=1S/C10H13ClN2O2S/c11-8-1-4-16-9(8)10(14)13-6-7-5-12-2-3-15-7/h1,4,7,12H,2-3,5-6H2,(H,13,14). The first-order valence-corrected chi connectivity index (χ1v) is 6.36. The Morgan fingerprint density at radius 1 is 1.75 bits per heavy atom. The van der Waals surface area contributed by atoms with Crippen LogP contribution in [0.25, 0.3) is 0 Å². The monoisotopic (exact) mass is 260 g/mol. The fourth-order valence-electron chi connectivity index (χ4n) is 1.49. The molecule has 16 heavy (non-hydrogen) atoms. The second-order valence-electron chi connectivity index (χ2n) is 3.50. The predicted octanol–water partition coefficient (Wildman–Crippen LogP) is 1.12. The summed E-state index contributed by atoms with van der Waals surface area (Å²) in [5.41, 5.74) is 0. The van der Waals surface area contributed by atoms with Crippen LogP contribution in [0.3, 0.4) is 0 Å². The first kappa shape index (κ1) is 11.9. The molecule has 1 aromatic rings. The van der Waals surface area contributed by atoms with Crippen LogP contribution in [0.2, 0.25) is 5.02 Å². The molecular weight excluding hydrogens is 248 g/mol. The van der Waals surface area contributed by atoms with Crippen molar-refractivity contribution in [3.63, 3.8) is 0 Å². The summed E-state index contributed by atoms with van der Waals surface area (Å²) in [7, 11) is 0. The lowest BCUT2D eigenvalue weighted by molar-refractivity contribution is 0.0287. The van der Waals surface area contributed by atoms with Crippen LogP contribution in [0.4, 0.5) is 0 Å². The minimum absolute atomic E-state index is 0.0523. The van der Waals surface area contributed by atoms with Crippen molar-refractivity contribution in [3.8, 4) is 0 Å². The summed E-state index contributed by atoms with van der Waals surface area (Å²) >= 11 is 7.21. The van der Waals surface area contributed by atoms with E-state index in [4.69, 9.17) is 16.3 Å². The van der Waals surface area contributed by atoms with Gasteiger partial charge in [0.15, 0.2) is 0 Å². The molecule has 1 aliphatic rings. The van der Waals surface area contributed by atoms with Crippen molar-refractivity contribution in [1.29, 1.82) is 0 Å². The molecule has 1 aromatic heterocycles. The van der Waals surface area contributed by atoms with E-state index >= 15 is 0 Å². The molecule has 2 rings (SSSR count). The first-order chi connectivity index (χ1) is 7.77. The number of carbonyl (C=O) groups excluding carboxylic acids is 1. The van der Waals surface area contributed by atoms with Crippen molar-refractivity contribution < 1.29 is 9.53 Å². The molecule has 2 heterocycles. The van der Waals surface area contributed by atoms with Gasteiger partial charge in [0, 0.05) is 19.6 Å². The predicted molar refractivity (Wildman–Crippen MR) is 64.3 cm³/mol. The maximum absolute atomic E-state index is 11.7. The van der Waals surface area contributed by atoms with Crippen LogP contribution >= 0.6 is 22.9 Å². The van der Waals surface area contributed by atoms with Gasteiger partial charge in [0.2, 0.25) is 0 Å². The van der Waals surface area contributed by atoms with Gasteiger partial charge < -0.3 is 15.4 Å². The van der Waals surface area contributed by atoms with E-state index in [1.165, 1.54) is 11.3 Å². The first-order valence-electron chi connectivity index (χ1n) is 5.11. The van der Waals surface area contributed by atoms with E-state index in [2.05, 4.69) is 10.6 Å². The number of hydrogen-bond donors (Lipinski definition) is 2. The number of thiophene rings is 1. The highest BCUT2D eigenvalue weighted by molar-refractivity contribution is 7.12. The molecular formula is C10H13ClN2O2S. The summed E-state index contributed by atoms with van der Waals surface area (Å²) in [5.74, 6) is -0.130. The fourth-order valence-corrected chi connectivity index (χ4v) is 2.55. The number of halogens is 1. The lowest BCUT2D eigenvalue weighted by Crippen LogP contribution is -2.45. The van der Waals surface area contributed by atoms with Gasteiger partial charge >= 0.3 is 0 Å². The molecule has 1 saturated heterocycles. The largest absolute Gasteiger partial charge is 0.374 e. The molecule has 0 aromatic carbocycles. The van der Waals surface area contributed by atoms with E-state index in [0.29, 0.717) is 23.1 Å². The van der Waals surface area contributed by atoms with Crippen molar-refractivity contribution >= 4 is 28.8 Å². The van der Waals surface area contributed by atoms with E-state index < -0.39 is 0 Å². The Hall–Kier alpha value is -0.620. The van der Waals surface area contributed by atoms with Gasteiger partial charge in [0.25, 0.3) is 5.91 Å². The number of nitrogens with one attached hydrogen (secondary N) is 2. The molecule has 2 N–H and O–H groups in total. The smallest absolute Gasteiger partial charge is 0.262 e. The zero-order valence-electron chi connectivity index (χ0n) is 8.66. The van der Waals surface area contributed by atoms with Crippen molar-refractivity contribution in [2.45, 2.75) is 6.10 Å². The highest BCUT2D eigenvalue weighted by Gasteiger charge is 2.16. The number of carbonyl (C=O) groups is 1. The Kier molecular flexibility index (Phi) is 4.17. The van der Waals surface area contributed by atoms with E-state index in [0.717, 1.165) is 13.1 Å². The third-order valence-electron chi connectivity index (χ3n) is 2.32. The average Bonchev–Trinajstić information content (AvgIpc) is 2.74. The average molecular weight is 261 g/mol. The van der Waals surface area contributed by atoms with Gasteiger partial charge in [-0.3, -0.25) is 4.79 Å². The lowest BCUT2D eigenvalue weighted by atomic mass is 10.3. The normalized spacial score (nSPS) is 20.7. The lowest BCUT2D eigenvalue weighted by Gasteiger charge is -2.23. The minimum Gasteiger partial charge on any atom is -0.374 e. The summed E-state index contributed by atoms with van der Waals surface area (Å²) in [5, 5.41) is 8.33. The maximum Gasteiger partial charge on any atom is 0.262 e. The molecule has 1 atom stereocenters. The number of ether oxygens (including phenoxy) is 1. The maximum atomic E-state index is 11.7. The molecule has 1 unspecified atom stereocenters. The third kappa shape index (κ3) is 2.95. The molecule has 0 aliphatic carbocycles. The number of rotatable bonds is 3. The Balaban J connectivity index is 1.81. The van der Waals surface area contributed by atoms with E-state index in [1.807, 2.05) is 0 Å². The molecule has 1 fully saturated rings. The molecule has 1 aliphatic heterocycles. The van der Waals surface area contributed by atoms with Crippen LogP contribution in [0.5, 0.6) is 0 Å². The van der Waals surface area contributed by atoms with Crippen LogP contribution in [0.1, 0.15) is 9.67 Å². The molecule has 0 bridgehead atoms. The minimum atomic E-state index is -0.130. The fraction of sp³-hybridized carbons (Fsp3) is 0.500. The summed E-state index contributed by atoms with van der Waals surface area (Å²) in [6.07, 6.45) is 0.0523. The molecule has 88 valence electrons. The van der Waals surface area contributed by atoms with Gasteiger partial charge in [-0.2, -0.15) is 0 Å². The highest BCUT2D eigenvalue weighted by atomic mass is 35.5. The summed E-state index contributed by atoms with van der Waals surface area (Å²) in [4.78, 5) is 12.3. The van der Waals surface area contributed by atoms with Crippen molar-refractivity contribution in [3.05, 3.63) is 21.3 Å². The van der Waals surface area contributed by atoms with Gasteiger partial charge in [0.05, 0.1) is 17.7 Å². The SMILES string of the molecule is O=C(NCC1CNCCO1)c1sccc1Cl. The highest BCUT2D eigenvalue weighted by Crippen LogP contribution is 2.21. The topological polar surface area (TPSA) is 50.4 Å². The van der Waals surface area contributed by atoms with Gasteiger partial charge in [-0.05, 0) is 11.4 Å². The number of morpholine rings is 1. The van der Waals surface area contributed by atoms with E-state index in [1.54, 1.807) is 11.4 Å². The number of amides is 1. The zero-order valence-corrected chi connectivity index (χ0v) is 10.2. The zero-order chi connectivity index (χ0) is 11.4. The van der Waals surface area contributed by atoms with Gasteiger partial charge in [-0.15, -0.1) is 11.3 Å². The molecule has 0 radical (unpaired) electrons. The molecule has 1 amide bonds. The van der Waals surface area contributed by atoms with Crippen molar-refractivity contribution in [2.24, 2.45) is 0 Å². The quantitative estimate of drug-likeness (QED) is 0.856. The second kappa shape index (κ2) is 5.63. The Labute approximate surface area is 103 Å². The van der Waals surface area contributed by atoms with Gasteiger partial charge in [-0.1, -0.05) is 11.6 Å². The Morgan fingerprint density at radius 2 is 2.62 bits per heavy atom. The molecule has 4 nitrogen and oxygen atoms in total. The third-order valence-corrected chi connectivity index (χ3v) is 3.66. The van der Waals surface area contributed by atoms with Crippen LogP contribution in [-0.2, 0) is 4.74 Å². The van der Waals surface area contributed by atoms with Gasteiger partial charge in [0.1, 0.15) is 4.88 Å². The second-order valence-corrected chi connectivity index (χ2v) is 4.83. The summed E-state index contributed by atoms with van der Waals surface area (Å²) < 4.78 is 5.47. The Bertz CT molecular complexity index is 363. The summed E-state index contributed by atoms with van der Waals surface area (Å²) in [6.45, 7) is 2.86. The van der Waals surface area contributed by atoms with Crippen molar-refractivity contribution in [2.75, 3.05) is 26.2 Å². The van der Waals surface area contributed by atoms with Crippen LogP contribution in [-0.4, -0.2) is 38.3 Å². The number of hydrogen-bond acceptors (Lipinski definition) is 4. The summed E-state index contributed by atoms with van der Waals surface area (Å²) in [6, 6.07) is 1.72. The van der Waals surface area contributed by atoms with E-state index in [-0.39, 0.29) is 12.0 Å². The molecule has 0 saturated carbocycles. The van der Waals surface area contributed by atoms with E-state index in [9.17, 15) is 4.79 Å². The Morgan fingerprint density at radius 3 is 3.25 bits per heavy atom. The molecule has 0 spiro atoms. The molecule has 6 heteroatoms. The van der Waals surface area contributed by atoms with Crippen LogP contribution in [0, 0.1) is 0 Å². The van der Waals surface area contributed by atoms with Crippen molar-refractivity contribution in [1.82, 2.24) is 10.6 Å². The van der Waals surface area contributed by atoms with Crippen LogP contribution < -0.4 is 10.6 Å².